The Morgan fingerprint density at radius 1 is 1.19 bits per heavy atom. The lowest BCUT2D eigenvalue weighted by molar-refractivity contribution is -0.138. The number of hydrogen-bond acceptors (Lipinski definition) is 4. The van der Waals surface area contributed by atoms with Crippen LogP contribution >= 0.6 is 0 Å². The third-order valence-electron chi connectivity index (χ3n) is 5.94. The largest absolute Gasteiger partial charge is 0.383 e. The van der Waals surface area contributed by atoms with E-state index < -0.39 is 0 Å². The Bertz CT molecular complexity index is 922. The second-order valence-electron chi connectivity index (χ2n) is 9.69. The van der Waals surface area contributed by atoms with Crippen molar-refractivity contribution in [3.8, 4) is 5.69 Å². The van der Waals surface area contributed by atoms with E-state index in [4.69, 9.17) is 9.84 Å². The summed E-state index contributed by atoms with van der Waals surface area (Å²) in [4.78, 5) is 27.6. The van der Waals surface area contributed by atoms with Crippen molar-refractivity contribution >= 4 is 17.6 Å². The molecular weight excluding hydrogens is 404 g/mol. The Morgan fingerprint density at radius 2 is 1.84 bits per heavy atom. The zero-order chi connectivity index (χ0) is 23.3. The van der Waals surface area contributed by atoms with Crippen molar-refractivity contribution in [3.63, 3.8) is 0 Å². The molecule has 0 atom stereocenters. The minimum absolute atomic E-state index is 0.00260. The second kappa shape index (κ2) is 10.3. The summed E-state index contributed by atoms with van der Waals surface area (Å²) in [5, 5.41) is 7.76. The summed E-state index contributed by atoms with van der Waals surface area (Å²) in [5.74, 6) is 0.437. The number of ether oxygens (including phenoxy) is 1. The smallest absolute Gasteiger partial charge is 0.245 e. The summed E-state index contributed by atoms with van der Waals surface area (Å²) in [6.45, 7) is 9.12. The fourth-order valence-electron chi connectivity index (χ4n) is 3.97. The number of carbonyl (C=O) groups is 2. The number of hydrogen-bond donors (Lipinski definition) is 1. The second-order valence-corrected chi connectivity index (χ2v) is 9.69. The zero-order valence-electron chi connectivity index (χ0n) is 20.0. The average Bonchev–Trinajstić information content (AvgIpc) is 3.41. The van der Waals surface area contributed by atoms with Gasteiger partial charge in [-0.25, -0.2) is 4.68 Å². The van der Waals surface area contributed by atoms with Crippen molar-refractivity contribution in [2.24, 2.45) is 5.92 Å². The quantitative estimate of drug-likeness (QED) is 0.671. The first-order valence-electron chi connectivity index (χ1n) is 11.4. The Kier molecular flexibility index (Phi) is 7.72. The Morgan fingerprint density at radius 3 is 2.44 bits per heavy atom. The molecule has 7 heteroatoms. The highest BCUT2D eigenvalue weighted by Gasteiger charge is 2.29. The van der Waals surface area contributed by atoms with Crippen molar-refractivity contribution in [2.75, 3.05) is 32.1 Å². The van der Waals surface area contributed by atoms with Crippen molar-refractivity contribution < 1.29 is 14.3 Å². The van der Waals surface area contributed by atoms with E-state index in [0.29, 0.717) is 19.0 Å². The van der Waals surface area contributed by atoms with E-state index in [0.717, 1.165) is 42.6 Å². The van der Waals surface area contributed by atoms with E-state index in [1.54, 1.807) is 16.7 Å². The first kappa shape index (κ1) is 24.0. The molecule has 3 rings (SSSR count). The fraction of sp³-hybridized carbons (Fsp3) is 0.560. The molecule has 1 aromatic heterocycles. The van der Waals surface area contributed by atoms with Gasteiger partial charge < -0.3 is 15.0 Å². The summed E-state index contributed by atoms with van der Waals surface area (Å²) in [7, 11) is 1.60. The van der Waals surface area contributed by atoms with Gasteiger partial charge in [-0.3, -0.25) is 9.59 Å². The lowest BCUT2D eigenvalue weighted by Gasteiger charge is -2.25. The van der Waals surface area contributed by atoms with Crippen LogP contribution in [0.15, 0.2) is 30.3 Å². The molecule has 1 saturated carbocycles. The van der Waals surface area contributed by atoms with Crippen LogP contribution in [0.3, 0.4) is 0 Å². The molecule has 1 aliphatic rings. The zero-order valence-corrected chi connectivity index (χ0v) is 20.0. The molecule has 174 valence electrons. The van der Waals surface area contributed by atoms with Crippen LogP contribution in [0, 0.1) is 12.8 Å². The molecule has 0 bridgehead atoms. The molecule has 1 heterocycles. The highest BCUT2D eigenvalue weighted by molar-refractivity contribution is 5.94. The van der Waals surface area contributed by atoms with Gasteiger partial charge >= 0.3 is 0 Å². The van der Waals surface area contributed by atoms with Gasteiger partial charge in [0.15, 0.2) is 0 Å². The van der Waals surface area contributed by atoms with E-state index in [9.17, 15) is 9.59 Å². The molecule has 1 aliphatic carbocycles. The van der Waals surface area contributed by atoms with Crippen LogP contribution < -0.4 is 5.32 Å². The number of amides is 2. The lowest BCUT2D eigenvalue weighted by Crippen LogP contribution is -2.42. The first-order chi connectivity index (χ1) is 15.2. The van der Waals surface area contributed by atoms with Crippen molar-refractivity contribution in [1.29, 1.82) is 0 Å². The van der Waals surface area contributed by atoms with Crippen LogP contribution in [0.4, 0.5) is 5.82 Å². The molecule has 0 unspecified atom stereocenters. The van der Waals surface area contributed by atoms with Crippen molar-refractivity contribution in [1.82, 2.24) is 14.7 Å². The normalized spacial score (nSPS) is 14.5. The minimum atomic E-state index is -0.235. The molecule has 0 aliphatic heterocycles. The summed E-state index contributed by atoms with van der Waals surface area (Å²) in [5.41, 5.74) is 2.74. The van der Waals surface area contributed by atoms with Gasteiger partial charge in [-0.15, -0.1) is 0 Å². The molecule has 2 aromatic rings. The van der Waals surface area contributed by atoms with Crippen molar-refractivity contribution in [2.45, 2.75) is 58.8 Å². The molecule has 2 amide bonds. The number of carbonyl (C=O) groups excluding carboxylic acids is 2. The van der Waals surface area contributed by atoms with Crippen LogP contribution in [0.2, 0.25) is 0 Å². The monoisotopic (exact) mass is 440 g/mol. The average molecular weight is 441 g/mol. The fourth-order valence-corrected chi connectivity index (χ4v) is 3.97. The van der Waals surface area contributed by atoms with Gasteiger partial charge in [0.2, 0.25) is 11.8 Å². The van der Waals surface area contributed by atoms with Gasteiger partial charge in [0.1, 0.15) is 5.82 Å². The first-order valence-corrected chi connectivity index (χ1v) is 11.4. The third-order valence-corrected chi connectivity index (χ3v) is 5.94. The Labute approximate surface area is 191 Å². The molecule has 0 spiro atoms. The van der Waals surface area contributed by atoms with E-state index in [-0.39, 0.29) is 29.7 Å². The predicted molar refractivity (Wildman–Crippen MR) is 126 cm³/mol. The maximum Gasteiger partial charge on any atom is 0.245 e. The molecule has 1 aromatic carbocycles. The predicted octanol–water partition coefficient (Wildman–Crippen LogP) is 4.08. The number of benzene rings is 1. The van der Waals surface area contributed by atoms with Gasteiger partial charge in [-0.2, -0.15) is 5.10 Å². The maximum atomic E-state index is 13.0. The summed E-state index contributed by atoms with van der Waals surface area (Å²) in [6.07, 6.45) is 3.95. The molecule has 7 nitrogen and oxygen atoms in total. The standard InChI is InChI=1S/C25H36N4O3/c1-18-10-12-20(13-11-18)29-22(16-21(27-29)25(2,3)4)26-23(30)17-28(14-15-32-5)24(31)19-8-6-7-9-19/h10-13,16,19H,6-9,14-15,17H2,1-5H3,(H,26,30). The summed E-state index contributed by atoms with van der Waals surface area (Å²) in [6, 6.07) is 9.92. The number of nitrogens with one attached hydrogen (secondary N) is 1. The Balaban J connectivity index is 1.80. The number of aromatic nitrogens is 2. The van der Waals surface area contributed by atoms with Gasteiger partial charge in [0, 0.05) is 31.1 Å². The van der Waals surface area contributed by atoms with Gasteiger partial charge in [0.25, 0.3) is 0 Å². The van der Waals surface area contributed by atoms with Crippen LogP contribution in [0.25, 0.3) is 5.69 Å². The van der Waals surface area contributed by atoms with Crippen LogP contribution in [-0.2, 0) is 19.7 Å². The Hall–Kier alpha value is -2.67. The highest BCUT2D eigenvalue weighted by Crippen LogP contribution is 2.28. The van der Waals surface area contributed by atoms with Gasteiger partial charge in [-0.05, 0) is 31.9 Å². The molecule has 0 saturated heterocycles. The third kappa shape index (κ3) is 5.97. The summed E-state index contributed by atoms with van der Waals surface area (Å²) < 4.78 is 6.93. The van der Waals surface area contributed by atoms with Crippen LogP contribution in [0.1, 0.15) is 57.7 Å². The van der Waals surface area contributed by atoms with Crippen LogP contribution in [-0.4, -0.2) is 53.3 Å². The SMILES string of the molecule is COCCN(CC(=O)Nc1cc(C(C)(C)C)nn1-c1ccc(C)cc1)C(=O)C1CCCC1. The van der Waals surface area contributed by atoms with E-state index in [1.807, 2.05) is 37.3 Å². The topological polar surface area (TPSA) is 76.5 Å². The molecule has 32 heavy (non-hydrogen) atoms. The molecular formula is C25H36N4O3. The molecule has 1 fully saturated rings. The number of anilines is 1. The van der Waals surface area contributed by atoms with E-state index in [2.05, 4.69) is 26.1 Å². The number of rotatable bonds is 8. The lowest BCUT2D eigenvalue weighted by atomic mass is 9.92. The van der Waals surface area contributed by atoms with E-state index >= 15 is 0 Å². The molecule has 1 N–H and O–H groups in total. The summed E-state index contributed by atoms with van der Waals surface area (Å²) >= 11 is 0. The molecule has 0 radical (unpaired) electrons. The van der Waals surface area contributed by atoms with Gasteiger partial charge in [-0.1, -0.05) is 51.3 Å². The van der Waals surface area contributed by atoms with Gasteiger partial charge in [0.05, 0.1) is 24.5 Å². The number of methoxy groups -OCH3 is 1. The van der Waals surface area contributed by atoms with E-state index in [1.165, 1.54) is 0 Å². The van der Waals surface area contributed by atoms with Crippen molar-refractivity contribution in [3.05, 3.63) is 41.6 Å². The number of aryl methyl sites for hydroxylation is 1. The number of nitrogens with zero attached hydrogens (tertiary/aromatic N) is 3. The highest BCUT2D eigenvalue weighted by atomic mass is 16.5. The minimum Gasteiger partial charge on any atom is -0.383 e. The van der Waals surface area contributed by atoms with Crippen LogP contribution in [0.5, 0.6) is 0 Å². The maximum absolute atomic E-state index is 13.0.